The lowest BCUT2D eigenvalue weighted by Gasteiger charge is -2.36. The van der Waals surface area contributed by atoms with Gasteiger partial charge in [-0.05, 0) is 6.92 Å². The first-order chi connectivity index (χ1) is 12.1. The van der Waals surface area contributed by atoms with E-state index in [2.05, 4.69) is 39.7 Å². The average molecular weight is 339 g/mol. The second-order valence-corrected chi connectivity index (χ2v) is 6.33. The summed E-state index contributed by atoms with van der Waals surface area (Å²) in [5.74, 6) is 2.63. The maximum absolute atomic E-state index is 4.68. The predicted octanol–water partition coefficient (Wildman–Crippen LogP) is 0.844. The van der Waals surface area contributed by atoms with Crippen molar-refractivity contribution in [1.82, 2.24) is 29.9 Å². The largest absolute Gasteiger partial charge is 0.353 e. The van der Waals surface area contributed by atoms with Crippen LogP contribution in [0.25, 0.3) is 11.2 Å². The minimum atomic E-state index is 0.703. The summed E-state index contributed by atoms with van der Waals surface area (Å²) in [5.41, 5.74) is 2.57. The van der Waals surface area contributed by atoms with Gasteiger partial charge in [-0.1, -0.05) is 0 Å². The quantitative estimate of drug-likeness (QED) is 0.751. The molecule has 0 bridgehead atoms. The third-order valence-electron chi connectivity index (χ3n) is 4.34. The number of fused-ring (bicyclic) bond motifs is 1. The first kappa shape index (κ1) is 15.6. The van der Waals surface area contributed by atoms with E-state index in [0.29, 0.717) is 5.65 Å². The molecule has 1 fully saturated rings. The number of rotatable bonds is 3. The van der Waals surface area contributed by atoms with E-state index in [9.17, 15) is 0 Å². The van der Waals surface area contributed by atoms with Crippen LogP contribution in [0.1, 0.15) is 5.69 Å². The van der Waals surface area contributed by atoms with Gasteiger partial charge in [0.05, 0.1) is 6.33 Å². The van der Waals surface area contributed by atoms with Crippen molar-refractivity contribution in [3.05, 3.63) is 24.4 Å². The van der Waals surface area contributed by atoms with Crippen molar-refractivity contribution in [2.24, 2.45) is 0 Å². The molecule has 9 heteroatoms. The standard InChI is InChI=1S/C16H21N9/c1-11-8-12(22-16(21-11)23(2)3)24-4-6-25(7-5-24)15-13-14(18-9-17-13)19-10-20-15/h8-10H,4-7H2,1-3H3,(H,17,18,19,20). The molecular formula is C16H21N9. The number of hydrogen-bond acceptors (Lipinski definition) is 8. The number of H-pyrrole nitrogens is 1. The fourth-order valence-electron chi connectivity index (χ4n) is 3.04. The molecule has 1 saturated heterocycles. The second kappa shape index (κ2) is 6.15. The summed E-state index contributed by atoms with van der Waals surface area (Å²) in [6, 6.07) is 2.04. The van der Waals surface area contributed by atoms with Crippen LogP contribution in [0.15, 0.2) is 18.7 Å². The van der Waals surface area contributed by atoms with Gasteiger partial charge in [-0.15, -0.1) is 0 Å². The fourth-order valence-corrected chi connectivity index (χ4v) is 3.04. The monoisotopic (exact) mass is 339 g/mol. The Bertz CT molecular complexity index is 880. The Balaban J connectivity index is 1.53. The summed E-state index contributed by atoms with van der Waals surface area (Å²) in [6.45, 7) is 5.49. The van der Waals surface area contributed by atoms with Crippen molar-refractivity contribution >= 4 is 28.7 Å². The Hall–Kier alpha value is -2.97. The van der Waals surface area contributed by atoms with Crippen molar-refractivity contribution in [2.45, 2.75) is 6.92 Å². The lowest BCUT2D eigenvalue weighted by molar-refractivity contribution is 0.641. The Morgan fingerprint density at radius 2 is 1.76 bits per heavy atom. The highest BCUT2D eigenvalue weighted by Crippen LogP contribution is 2.23. The van der Waals surface area contributed by atoms with E-state index in [-0.39, 0.29) is 0 Å². The first-order valence-corrected chi connectivity index (χ1v) is 8.29. The zero-order valence-corrected chi connectivity index (χ0v) is 14.6. The van der Waals surface area contributed by atoms with Crippen LogP contribution < -0.4 is 14.7 Å². The van der Waals surface area contributed by atoms with Gasteiger partial charge in [0.25, 0.3) is 0 Å². The van der Waals surface area contributed by atoms with Crippen LogP contribution in [0.5, 0.6) is 0 Å². The number of aryl methyl sites for hydroxylation is 1. The number of nitrogens with one attached hydrogen (secondary N) is 1. The van der Waals surface area contributed by atoms with E-state index >= 15 is 0 Å². The molecule has 0 aliphatic carbocycles. The molecule has 9 nitrogen and oxygen atoms in total. The summed E-state index contributed by atoms with van der Waals surface area (Å²) in [5, 5.41) is 0. The molecule has 4 rings (SSSR count). The van der Waals surface area contributed by atoms with Crippen molar-refractivity contribution < 1.29 is 0 Å². The van der Waals surface area contributed by atoms with Crippen molar-refractivity contribution in [2.75, 3.05) is 55.0 Å². The summed E-state index contributed by atoms with van der Waals surface area (Å²) < 4.78 is 0. The van der Waals surface area contributed by atoms with Crippen LogP contribution >= 0.6 is 0 Å². The summed E-state index contributed by atoms with van der Waals surface area (Å²) in [7, 11) is 3.92. The Kier molecular flexibility index (Phi) is 3.83. The maximum Gasteiger partial charge on any atom is 0.226 e. The van der Waals surface area contributed by atoms with Crippen LogP contribution in [0, 0.1) is 6.92 Å². The average Bonchev–Trinajstić information content (AvgIpc) is 3.10. The first-order valence-electron chi connectivity index (χ1n) is 8.29. The number of nitrogens with zero attached hydrogens (tertiary/aromatic N) is 8. The number of hydrogen-bond donors (Lipinski definition) is 1. The van der Waals surface area contributed by atoms with E-state index in [4.69, 9.17) is 0 Å². The summed E-state index contributed by atoms with van der Waals surface area (Å²) in [4.78, 5) is 31.6. The molecule has 25 heavy (non-hydrogen) atoms. The van der Waals surface area contributed by atoms with Gasteiger partial charge in [0.1, 0.15) is 17.7 Å². The van der Waals surface area contributed by atoms with Gasteiger partial charge in [-0.25, -0.2) is 19.9 Å². The highest BCUT2D eigenvalue weighted by Gasteiger charge is 2.22. The van der Waals surface area contributed by atoms with Crippen LogP contribution in [0.4, 0.5) is 17.6 Å². The molecule has 4 heterocycles. The van der Waals surface area contributed by atoms with Gasteiger partial charge in [-0.3, -0.25) is 0 Å². The minimum absolute atomic E-state index is 0.703. The number of anilines is 3. The number of aromatic amines is 1. The zero-order chi connectivity index (χ0) is 17.4. The Labute approximate surface area is 145 Å². The molecule has 3 aromatic rings. The van der Waals surface area contributed by atoms with E-state index in [1.54, 1.807) is 12.7 Å². The highest BCUT2D eigenvalue weighted by molar-refractivity contribution is 5.82. The summed E-state index contributed by atoms with van der Waals surface area (Å²) >= 11 is 0. The predicted molar refractivity (Wildman–Crippen MR) is 97.2 cm³/mol. The van der Waals surface area contributed by atoms with Gasteiger partial charge >= 0.3 is 0 Å². The molecule has 130 valence electrons. The third-order valence-corrected chi connectivity index (χ3v) is 4.34. The van der Waals surface area contributed by atoms with Gasteiger partial charge in [0.2, 0.25) is 5.95 Å². The fraction of sp³-hybridized carbons (Fsp3) is 0.438. The smallest absolute Gasteiger partial charge is 0.226 e. The van der Waals surface area contributed by atoms with Gasteiger partial charge in [0.15, 0.2) is 11.5 Å². The van der Waals surface area contributed by atoms with Crippen molar-refractivity contribution in [1.29, 1.82) is 0 Å². The van der Waals surface area contributed by atoms with Gasteiger partial charge in [0, 0.05) is 52.0 Å². The zero-order valence-electron chi connectivity index (χ0n) is 14.6. The number of piperazine rings is 1. The SMILES string of the molecule is Cc1cc(N2CCN(c3ncnc4nc[nH]c34)CC2)nc(N(C)C)n1. The topological polar surface area (TPSA) is 90.0 Å². The molecule has 0 amide bonds. The minimum Gasteiger partial charge on any atom is -0.353 e. The van der Waals surface area contributed by atoms with Crippen LogP contribution in [-0.4, -0.2) is 70.2 Å². The molecule has 1 aliphatic heterocycles. The Morgan fingerprint density at radius 3 is 2.52 bits per heavy atom. The Morgan fingerprint density at radius 1 is 1.00 bits per heavy atom. The molecule has 0 aromatic carbocycles. The molecule has 3 aromatic heterocycles. The van der Waals surface area contributed by atoms with E-state index < -0.39 is 0 Å². The van der Waals surface area contributed by atoms with Gasteiger partial charge < -0.3 is 19.7 Å². The van der Waals surface area contributed by atoms with Crippen molar-refractivity contribution in [3.63, 3.8) is 0 Å². The van der Waals surface area contributed by atoms with Crippen LogP contribution in [-0.2, 0) is 0 Å². The maximum atomic E-state index is 4.68. The molecule has 0 saturated carbocycles. The van der Waals surface area contributed by atoms with E-state index in [0.717, 1.165) is 55.0 Å². The van der Waals surface area contributed by atoms with Crippen LogP contribution in [0.2, 0.25) is 0 Å². The van der Waals surface area contributed by atoms with E-state index in [1.165, 1.54) is 0 Å². The third kappa shape index (κ3) is 2.92. The molecule has 0 radical (unpaired) electrons. The lowest BCUT2D eigenvalue weighted by atomic mass is 10.3. The molecule has 0 spiro atoms. The van der Waals surface area contributed by atoms with Gasteiger partial charge in [-0.2, -0.15) is 4.98 Å². The summed E-state index contributed by atoms with van der Waals surface area (Å²) in [6.07, 6.45) is 3.23. The van der Waals surface area contributed by atoms with Crippen molar-refractivity contribution in [3.8, 4) is 0 Å². The lowest BCUT2D eigenvalue weighted by Crippen LogP contribution is -2.47. The highest BCUT2D eigenvalue weighted by atomic mass is 15.3. The molecule has 0 unspecified atom stereocenters. The normalized spacial score (nSPS) is 15.0. The molecule has 1 N–H and O–H groups in total. The molecule has 0 atom stereocenters. The van der Waals surface area contributed by atoms with Crippen LogP contribution in [0.3, 0.4) is 0 Å². The number of aromatic nitrogens is 6. The molecule has 1 aliphatic rings. The molecular weight excluding hydrogens is 318 g/mol. The second-order valence-electron chi connectivity index (χ2n) is 6.33. The van der Waals surface area contributed by atoms with E-state index in [1.807, 2.05) is 32.0 Å². The number of imidazole rings is 1.